The first-order chi connectivity index (χ1) is 9.99. The van der Waals surface area contributed by atoms with E-state index in [1.165, 1.54) is 4.57 Å². The fourth-order valence-electron chi connectivity index (χ4n) is 2.41. The van der Waals surface area contributed by atoms with E-state index in [9.17, 15) is 14.7 Å². The average molecular weight is 353 g/mol. The third-order valence-corrected chi connectivity index (χ3v) is 4.09. The number of nitrogens with one attached hydrogen (secondary N) is 1. The van der Waals surface area contributed by atoms with Crippen LogP contribution in [0, 0.1) is 0 Å². The number of hydrogen-bond donors (Lipinski definition) is 2. The van der Waals surface area contributed by atoms with Gasteiger partial charge in [0, 0.05) is 10.5 Å². The predicted molar refractivity (Wildman–Crippen MR) is 85.7 cm³/mol. The quantitative estimate of drug-likeness (QED) is 0.887. The van der Waals surface area contributed by atoms with E-state index in [4.69, 9.17) is 0 Å². The van der Waals surface area contributed by atoms with Gasteiger partial charge in [0.1, 0.15) is 5.56 Å². The van der Waals surface area contributed by atoms with Crippen molar-refractivity contribution in [2.24, 2.45) is 0 Å². The molecule has 2 N–H and O–H groups in total. The zero-order chi connectivity index (χ0) is 15.6. The SMILES string of the molecule is CCC(CC)n1c(O)c(-c2ccc(Br)cc2)c(=O)[nH]c1=O. The minimum absolute atomic E-state index is 0.119. The summed E-state index contributed by atoms with van der Waals surface area (Å²) < 4.78 is 2.13. The van der Waals surface area contributed by atoms with Crippen molar-refractivity contribution in [1.29, 1.82) is 0 Å². The zero-order valence-electron chi connectivity index (χ0n) is 11.9. The molecular weight excluding hydrogens is 336 g/mol. The van der Waals surface area contributed by atoms with E-state index in [1.54, 1.807) is 24.3 Å². The summed E-state index contributed by atoms with van der Waals surface area (Å²) in [6.07, 6.45) is 1.38. The Labute approximate surface area is 130 Å². The van der Waals surface area contributed by atoms with E-state index < -0.39 is 11.2 Å². The summed E-state index contributed by atoms with van der Waals surface area (Å²) >= 11 is 3.32. The lowest BCUT2D eigenvalue weighted by molar-refractivity contribution is 0.351. The molecule has 1 aromatic carbocycles. The molecule has 0 saturated heterocycles. The Hall–Kier alpha value is -1.82. The molecule has 21 heavy (non-hydrogen) atoms. The van der Waals surface area contributed by atoms with Crippen LogP contribution < -0.4 is 11.2 Å². The highest BCUT2D eigenvalue weighted by atomic mass is 79.9. The Kier molecular flexibility index (Phi) is 4.67. The maximum absolute atomic E-state index is 12.1. The molecule has 0 amide bonds. The molecule has 0 atom stereocenters. The van der Waals surface area contributed by atoms with Crippen LogP contribution in [-0.2, 0) is 0 Å². The molecule has 0 unspecified atom stereocenters. The molecule has 0 fully saturated rings. The fourth-order valence-corrected chi connectivity index (χ4v) is 2.67. The minimum Gasteiger partial charge on any atom is -0.494 e. The molecule has 0 aliphatic rings. The molecule has 2 aromatic rings. The topological polar surface area (TPSA) is 75.1 Å². The molecule has 1 heterocycles. The van der Waals surface area contributed by atoms with Gasteiger partial charge in [-0.3, -0.25) is 14.3 Å². The summed E-state index contributed by atoms with van der Waals surface area (Å²) in [4.78, 5) is 26.3. The van der Waals surface area contributed by atoms with Crippen molar-refractivity contribution in [3.8, 4) is 17.0 Å². The van der Waals surface area contributed by atoms with Crippen molar-refractivity contribution in [3.63, 3.8) is 0 Å². The molecule has 6 heteroatoms. The highest BCUT2D eigenvalue weighted by Crippen LogP contribution is 2.28. The van der Waals surface area contributed by atoms with Crippen LogP contribution in [0.1, 0.15) is 32.7 Å². The Morgan fingerprint density at radius 1 is 1.19 bits per heavy atom. The van der Waals surface area contributed by atoms with Crippen LogP contribution in [0.15, 0.2) is 38.3 Å². The second-order valence-corrected chi connectivity index (χ2v) is 5.72. The first-order valence-electron chi connectivity index (χ1n) is 6.83. The summed E-state index contributed by atoms with van der Waals surface area (Å²) in [5, 5.41) is 10.4. The van der Waals surface area contributed by atoms with Crippen LogP contribution in [0.4, 0.5) is 0 Å². The van der Waals surface area contributed by atoms with Gasteiger partial charge in [-0.2, -0.15) is 0 Å². The Bertz CT molecular complexity index is 743. The number of hydrogen-bond acceptors (Lipinski definition) is 3. The molecule has 1 aromatic heterocycles. The van der Waals surface area contributed by atoms with Crippen LogP contribution in [0.5, 0.6) is 5.88 Å². The van der Waals surface area contributed by atoms with Crippen molar-refractivity contribution in [2.45, 2.75) is 32.7 Å². The van der Waals surface area contributed by atoms with E-state index >= 15 is 0 Å². The van der Waals surface area contributed by atoms with E-state index in [0.717, 1.165) is 4.47 Å². The normalized spacial score (nSPS) is 11.0. The smallest absolute Gasteiger partial charge is 0.331 e. The number of aromatic amines is 1. The summed E-state index contributed by atoms with van der Waals surface area (Å²) in [5.41, 5.74) is -0.472. The van der Waals surface area contributed by atoms with Crippen LogP contribution >= 0.6 is 15.9 Å². The number of benzene rings is 1. The second kappa shape index (κ2) is 6.30. The lowest BCUT2D eigenvalue weighted by Crippen LogP contribution is -2.33. The molecular formula is C15H17BrN2O3. The standard InChI is InChI=1S/C15H17BrN2O3/c1-3-11(4-2)18-14(20)12(13(19)17-15(18)21)9-5-7-10(16)8-6-9/h5-8,11,20H,3-4H2,1-2H3,(H,17,19,21). The number of H-pyrrole nitrogens is 1. The van der Waals surface area contributed by atoms with Crippen molar-refractivity contribution in [2.75, 3.05) is 0 Å². The largest absolute Gasteiger partial charge is 0.494 e. The monoisotopic (exact) mass is 352 g/mol. The highest BCUT2D eigenvalue weighted by Gasteiger charge is 2.19. The maximum atomic E-state index is 12.1. The lowest BCUT2D eigenvalue weighted by atomic mass is 10.1. The second-order valence-electron chi connectivity index (χ2n) is 4.81. The van der Waals surface area contributed by atoms with Gasteiger partial charge in [-0.15, -0.1) is 0 Å². The first-order valence-corrected chi connectivity index (χ1v) is 7.62. The van der Waals surface area contributed by atoms with Gasteiger partial charge < -0.3 is 5.11 Å². The van der Waals surface area contributed by atoms with Gasteiger partial charge in [-0.05, 0) is 30.5 Å². The van der Waals surface area contributed by atoms with Gasteiger partial charge in [0.2, 0.25) is 5.88 Å². The summed E-state index contributed by atoms with van der Waals surface area (Å²) in [7, 11) is 0. The molecule has 2 rings (SSSR count). The Balaban J connectivity index is 2.73. The third kappa shape index (κ3) is 2.95. The van der Waals surface area contributed by atoms with Crippen molar-refractivity contribution < 1.29 is 5.11 Å². The fraction of sp³-hybridized carbons (Fsp3) is 0.333. The summed E-state index contributed by atoms with van der Waals surface area (Å²) in [5.74, 6) is -0.278. The molecule has 0 aliphatic carbocycles. The molecule has 0 radical (unpaired) electrons. The Morgan fingerprint density at radius 2 is 1.76 bits per heavy atom. The molecule has 0 aliphatic heterocycles. The number of nitrogens with zero attached hydrogens (tertiary/aromatic N) is 1. The van der Waals surface area contributed by atoms with Crippen LogP contribution in [0.25, 0.3) is 11.1 Å². The minimum atomic E-state index is -0.581. The van der Waals surface area contributed by atoms with Gasteiger partial charge in [-0.1, -0.05) is 41.9 Å². The molecule has 0 saturated carbocycles. The molecule has 0 bridgehead atoms. The first kappa shape index (κ1) is 15.6. The van der Waals surface area contributed by atoms with Gasteiger partial charge >= 0.3 is 5.69 Å². The highest BCUT2D eigenvalue weighted by molar-refractivity contribution is 9.10. The molecule has 5 nitrogen and oxygen atoms in total. The van der Waals surface area contributed by atoms with E-state index in [1.807, 2.05) is 13.8 Å². The summed E-state index contributed by atoms with van der Waals surface area (Å²) in [6, 6.07) is 6.84. The number of aromatic hydroxyl groups is 1. The molecule has 112 valence electrons. The van der Waals surface area contributed by atoms with E-state index in [0.29, 0.717) is 18.4 Å². The third-order valence-electron chi connectivity index (χ3n) is 3.56. The summed E-state index contributed by atoms with van der Waals surface area (Å²) in [6.45, 7) is 3.87. The number of halogens is 1. The van der Waals surface area contributed by atoms with Gasteiger partial charge in [0.05, 0.1) is 0 Å². The van der Waals surface area contributed by atoms with Crippen LogP contribution in [-0.4, -0.2) is 14.7 Å². The van der Waals surface area contributed by atoms with Crippen LogP contribution in [0.2, 0.25) is 0 Å². The molecule has 0 spiro atoms. The number of aromatic nitrogens is 2. The maximum Gasteiger partial charge on any atom is 0.331 e. The van der Waals surface area contributed by atoms with Gasteiger partial charge in [-0.25, -0.2) is 4.79 Å². The van der Waals surface area contributed by atoms with E-state index in [2.05, 4.69) is 20.9 Å². The average Bonchev–Trinajstić information content (AvgIpc) is 2.45. The van der Waals surface area contributed by atoms with Crippen molar-refractivity contribution in [3.05, 3.63) is 49.6 Å². The zero-order valence-corrected chi connectivity index (χ0v) is 13.5. The lowest BCUT2D eigenvalue weighted by Gasteiger charge is -2.19. The van der Waals surface area contributed by atoms with Gasteiger partial charge in [0.25, 0.3) is 5.56 Å². The van der Waals surface area contributed by atoms with Crippen molar-refractivity contribution >= 4 is 15.9 Å². The van der Waals surface area contributed by atoms with E-state index in [-0.39, 0.29) is 17.5 Å². The number of rotatable bonds is 4. The van der Waals surface area contributed by atoms with Gasteiger partial charge in [0.15, 0.2) is 0 Å². The predicted octanol–water partition coefficient (Wildman–Crippen LogP) is 3.03. The Morgan fingerprint density at radius 3 is 2.29 bits per heavy atom. The van der Waals surface area contributed by atoms with Crippen LogP contribution in [0.3, 0.4) is 0 Å². The van der Waals surface area contributed by atoms with Crippen molar-refractivity contribution in [1.82, 2.24) is 9.55 Å².